The van der Waals surface area contributed by atoms with Crippen LogP contribution in [0.2, 0.25) is 0 Å². The Hall–Kier alpha value is -1.65. The molecule has 0 aromatic carbocycles. The Labute approximate surface area is 127 Å². The van der Waals surface area contributed by atoms with Crippen molar-refractivity contribution in [3.63, 3.8) is 0 Å². The van der Waals surface area contributed by atoms with Crippen molar-refractivity contribution in [2.45, 2.75) is 46.0 Å². The molecule has 5 nitrogen and oxygen atoms in total. The second-order valence-electron chi connectivity index (χ2n) is 5.95. The smallest absolute Gasteiger partial charge is 0.271 e. The number of carbonyl (C=O) groups excluding carboxylic acids is 1. The largest absolute Gasteiger partial charge is 0.369 e. The van der Waals surface area contributed by atoms with Gasteiger partial charge in [0.15, 0.2) is 0 Å². The first kappa shape index (κ1) is 15.7. The zero-order valence-corrected chi connectivity index (χ0v) is 13.1. The molecule has 2 unspecified atom stereocenters. The summed E-state index contributed by atoms with van der Waals surface area (Å²) >= 11 is 0. The van der Waals surface area contributed by atoms with Gasteiger partial charge in [-0.25, -0.2) is 4.98 Å². The molecule has 2 N–H and O–H groups in total. The molecule has 2 rings (SSSR count). The van der Waals surface area contributed by atoms with Crippen molar-refractivity contribution in [1.29, 1.82) is 0 Å². The van der Waals surface area contributed by atoms with Crippen molar-refractivity contribution < 1.29 is 4.79 Å². The van der Waals surface area contributed by atoms with E-state index in [9.17, 15) is 4.79 Å². The van der Waals surface area contributed by atoms with E-state index >= 15 is 0 Å². The van der Waals surface area contributed by atoms with Gasteiger partial charge >= 0.3 is 0 Å². The standard InChI is InChI=1S/C16H26N4O/c1-3-8-18-15-11-17-10-14(20-15)16(21)19-9-13-7-5-4-6-12(13)2/h10-13H,3-9H2,1-2H3,(H,18,20)(H,19,21). The third-order valence-corrected chi connectivity index (χ3v) is 4.24. The number of anilines is 1. The molecule has 1 aromatic heterocycles. The molecule has 1 aliphatic carbocycles. The van der Waals surface area contributed by atoms with E-state index in [1.807, 2.05) is 0 Å². The first-order valence-electron chi connectivity index (χ1n) is 8.04. The number of amides is 1. The van der Waals surface area contributed by atoms with Crippen LogP contribution in [0.5, 0.6) is 0 Å². The summed E-state index contributed by atoms with van der Waals surface area (Å²) in [6, 6.07) is 0. The van der Waals surface area contributed by atoms with E-state index in [-0.39, 0.29) is 5.91 Å². The molecule has 1 aromatic rings. The Morgan fingerprint density at radius 2 is 2.14 bits per heavy atom. The Morgan fingerprint density at radius 3 is 2.90 bits per heavy atom. The van der Waals surface area contributed by atoms with Crippen LogP contribution >= 0.6 is 0 Å². The Bertz CT molecular complexity index is 463. The molecule has 1 amide bonds. The molecular formula is C16H26N4O. The molecule has 1 heterocycles. The third-order valence-electron chi connectivity index (χ3n) is 4.24. The molecule has 0 saturated heterocycles. The Kier molecular flexibility index (Phi) is 5.96. The van der Waals surface area contributed by atoms with Crippen molar-refractivity contribution in [2.75, 3.05) is 18.4 Å². The number of carbonyl (C=O) groups is 1. The lowest BCUT2D eigenvalue weighted by Crippen LogP contribution is -2.34. The Balaban J connectivity index is 1.87. The minimum Gasteiger partial charge on any atom is -0.369 e. The number of hydrogen-bond acceptors (Lipinski definition) is 4. The van der Waals surface area contributed by atoms with Crippen LogP contribution in [-0.2, 0) is 0 Å². The molecule has 116 valence electrons. The average molecular weight is 290 g/mol. The van der Waals surface area contributed by atoms with Crippen LogP contribution in [0.1, 0.15) is 56.4 Å². The topological polar surface area (TPSA) is 66.9 Å². The van der Waals surface area contributed by atoms with Crippen molar-refractivity contribution in [2.24, 2.45) is 11.8 Å². The zero-order valence-electron chi connectivity index (χ0n) is 13.1. The lowest BCUT2D eigenvalue weighted by atomic mass is 9.80. The first-order valence-corrected chi connectivity index (χ1v) is 8.04. The van der Waals surface area contributed by atoms with Gasteiger partial charge in [-0.2, -0.15) is 0 Å². The predicted molar refractivity (Wildman–Crippen MR) is 84.3 cm³/mol. The summed E-state index contributed by atoms with van der Waals surface area (Å²) in [6.07, 6.45) is 9.27. The van der Waals surface area contributed by atoms with Gasteiger partial charge in [-0.05, 0) is 24.7 Å². The van der Waals surface area contributed by atoms with E-state index in [2.05, 4.69) is 34.4 Å². The van der Waals surface area contributed by atoms with Gasteiger partial charge < -0.3 is 10.6 Å². The van der Waals surface area contributed by atoms with Crippen LogP contribution in [0.3, 0.4) is 0 Å². The molecule has 5 heteroatoms. The summed E-state index contributed by atoms with van der Waals surface area (Å²) in [4.78, 5) is 20.6. The van der Waals surface area contributed by atoms with Gasteiger partial charge in [-0.15, -0.1) is 0 Å². The maximum atomic E-state index is 12.2. The SMILES string of the molecule is CCCNc1cncc(C(=O)NCC2CCCCC2C)n1. The van der Waals surface area contributed by atoms with E-state index in [1.54, 1.807) is 6.20 Å². The van der Waals surface area contributed by atoms with E-state index in [0.717, 1.165) is 19.5 Å². The highest BCUT2D eigenvalue weighted by Crippen LogP contribution is 2.28. The van der Waals surface area contributed by atoms with Gasteiger partial charge in [0.2, 0.25) is 0 Å². The predicted octanol–water partition coefficient (Wildman–Crippen LogP) is 2.85. The lowest BCUT2D eigenvalue weighted by Gasteiger charge is -2.28. The van der Waals surface area contributed by atoms with Crippen LogP contribution in [0.15, 0.2) is 12.4 Å². The number of rotatable bonds is 6. The van der Waals surface area contributed by atoms with Gasteiger partial charge in [-0.1, -0.05) is 33.1 Å². The van der Waals surface area contributed by atoms with E-state index < -0.39 is 0 Å². The normalized spacial score (nSPS) is 21.8. The van der Waals surface area contributed by atoms with Crippen molar-refractivity contribution in [3.8, 4) is 0 Å². The summed E-state index contributed by atoms with van der Waals surface area (Å²) in [5.74, 6) is 1.83. The number of aromatic nitrogens is 2. The summed E-state index contributed by atoms with van der Waals surface area (Å²) in [5.41, 5.74) is 0.388. The summed E-state index contributed by atoms with van der Waals surface area (Å²) in [7, 11) is 0. The fourth-order valence-corrected chi connectivity index (χ4v) is 2.82. The van der Waals surface area contributed by atoms with Crippen molar-refractivity contribution in [3.05, 3.63) is 18.1 Å². The highest BCUT2D eigenvalue weighted by Gasteiger charge is 2.22. The van der Waals surface area contributed by atoms with Gasteiger partial charge in [0.25, 0.3) is 5.91 Å². The minimum atomic E-state index is -0.125. The fourth-order valence-electron chi connectivity index (χ4n) is 2.82. The maximum Gasteiger partial charge on any atom is 0.271 e. The fraction of sp³-hybridized carbons (Fsp3) is 0.688. The van der Waals surface area contributed by atoms with Crippen LogP contribution in [0.25, 0.3) is 0 Å². The summed E-state index contributed by atoms with van der Waals surface area (Å²) < 4.78 is 0. The summed E-state index contributed by atoms with van der Waals surface area (Å²) in [6.45, 7) is 5.95. The average Bonchev–Trinajstić information content (AvgIpc) is 2.52. The van der Waals surface area contributed by atoms with E-state index in [4.69, 9.17) is 0 Å². The van der Waals surface area contributed by atoms with Crippen LogP contribution < -0.4 is 10.6 Å². The zero-order chi connectivity index (χ0) is 15.1. The Morgan fingerprint density at radius 1 is 1.33 bits per heavy atom. The van der Waals surface area contributed by atoms with Gasteiger partial charge in [0.05, 0.1) is 12.4 Å². The second kappa shape index (κ2) is 7.96. The maximum absolute atomic E-state index is 12.2. The molecule has 1 fully saturated rings. The highest BCUT2D eigenvalue weighted by molar-refractivity contribution is 5.92. The molecule has 0 bridgehead atoms. The van der Waals surface area contributed by atoms with Gasteiger partial charge in [-0.3, -0.25) is 9.78 Å². The third kappa shape index (κ3) is 4.69. The molecule has 2 atom stereocenters. The van der Waals surface area contributed by atoms with E-state index in [1.165, 1.54) is 31.9 Å². The molecule has 1 aliphatic rings. The van der Waals surface area contributed by atoms with E-state index in [0.29, 0.717) is 23.3 Å². The van der Waals surface area contributed by atoms with Crippen LogP contribution in [0, 0.1) is 11.8 Å². The molecule has 0 radical (unpaired) electrons. The van der Waals surface area contributed by atoms with Crippen molar-refractivity contribution in [1.82, 2.24) is 15.3 Å². The first-order chi connectivity index (χ1) is 10.2. The molecule has 21 heavy (non-hydrogen) atoms. The molecule has 0 spiro atoms. The van der Waals surface area contributed by atoms with Gasteiger partial charge in [0, 0.05) is 13.1 Å². The van der Waals surface area contributed by atoms with Crippen LogP contribution in [0.4, 0.5) is 5.82 Å². The monoisotopic (exact) mass is 290 g/mol. The molecular weight excluding hydrogens is 264 g/mol. The number of nitrogens with zero attached hydrogens (tertiary/aromatic N) is 2. The summed E-state index contributed by atoms with van der Waals surface area (Å²) in [5, 5.41) is 6.16. The molecule has 1 saturated carbocycles. The van der Waals surface area contributed by atoms with Gasteiger partial charge in [0.1, 0.15) is 11.5 Å². The van der Waals surface area contributed by atoms with Crippen molar-refractivity contribution >= 4 is 11.7 Å². The second-order valence-corrected chi connectivity index (χ2v) is 5.95. The lowest BCUT2D eigenvalue weighted by molar-refractivity contribution is 0.0931. The minimum absolute atomic E-state index is 0.125. The number of hydrogen-bond donors (Lipinski definition) is 2. The molecule has 0 aliphatic heterocycles. The van der Waals surface area contributed by atoms with Crippen LogP contribution in [-0.4, -0.2) is 29.0 Å². The number of nitrogens with one attached hydrogen (secondary N) is 2. The quantitative estimate of drug-likeness (QED) is 0.845. The highest BCUT2D eigenvalue weighted by atomic mass is 16.1.